The van der Waals surface area contributed by atoms with E-state index in [4.69, 9.17) is 4.74 Å². The second-order valence-electron chi connectivity index (χ2n) is 6.10. The summed E-state index contributed by atoms with van der Waals surface area (Å²) in [6.45, 7) is 1.58. The van der Waals surface area contributed by atoms with Crippen LogP contribution in [-0.2, 0) is 16.9 Å². The largest absolute Gasteiger partial charge is 0.497 e. The van der Waals surface area contributed by atoms with Crippen LogP contribution in [-0.4, -0.2) is 28.9 Å². The molecular formula is C18H17N3O5. The molecule has 26 heavy (non-hydrogen) atoms. The van der Waals surface area contributed by atoms with Crippen LogP contribution in [0.2, 0.25) is 0 Å². The first-order chi connectivity index (χ1) is 12.3. The number of hydrogen-bond acceptors (Lipinski definition) is 5. The molecule has 0 aliphatic carbocycles. The number of nitrogens with zero attached hydrogens (tertiary/aromatic N) is 2. The van der Waals surface area contributed by atoms with Crippen LogP contribution in [0.25, 0.3) is 0 Å². The van der Waals surface area contributed by atoms with Gasteiger partial charge in [-0.25, -0.2) is 4.79 Å². The highest BCUT2D eigenvalue weighted by Crippen LogP contribution is 2.31. The lowest BCUT2D eigenvalue weighted by Gasteiger charge is -2.22. The molecule has 0 saturated carbocycles. The molecule has 0 aromatic heterocycles. The summed E-state index contributed by atoms with van der Waals surface area (Å²) in [6, 6.07) is 12.2. The Morgan fingerprint density at radius 2 is 1.88 bits per heavy atom. The molecule has 1 saturated heterocycles. The Hall–Kier alpha value is -3.42. The average molecular weight is 355 g/mol. The van der Waals surface area contributed by atoms with Crippen molar-refractivity contribution >= 4 is 17.6 Å². The van der Waals surface area contributed by atoms with Crippen LogP contribution in [0.1, 0.15) is 18.1 Å². The number of carbonyl (C=O) groups is 2. The molecule has 0 radical (unpaired) electrons. The number of rotatable bonds is 5. The first kappa shape index (κ1) is 17.4. The van der Waals surface area contributed by atoms with E-state index in [-0.39, 0.29) is 12.2 Å². The number of urea groups is 1. The van der Waals surface area contributed by atoms with Gasteiger partial charge in [0.2, 0.25) is 0 Å². The lowest BCUT2D eigenvalue weighted by molar-refractivity contribution is -0.384. The standard InChI is InChI=1S/C18H17N3O5/c1-18(13-6-8-15(26-2)9-7-13)16(22)20(17(23)19-18)11-12-4-3-5-14(10-12)21(24)25/h3-10H,11H2,1-2H3,(H,19,23)/t18-/m1/s1. The molecule has 0 bridgehead atoms. The molecule has 1 fully saturated rings. The van der Waals surface area contributed by atoms with Crippen molar-refractivity contribution in [2.24, 2.45) is 0 Å². The summed E-state index contributed by atoms with van der Waals surface area (Å²) in [5.41, 5.74) is -0.170. The van der Waals surface area contributed by atoms with Gasteiger partial charge in [0.1, 0.15) is 11.3 Å². The summed E-state index contributed by atoms with van der Waals surface area (Å²) in [5.74, 6) is 0.224. The topological polar surface area (TPSA) is 102 Å². The van der Waals surface area contributed by atoms with Gasteiger partial charge in [-0.05, 0) is 30.2 Å². The molecule has 1 heterocycles. The first-order valence-electron chi connectivity index (χ1n) is 7.87. The Labute approximate surface area is 149 Å². The van der Waals surface area contributed by atoms with Crippen molar-refractivity contribution in [3.05, 3.63) is 69.8 Å². The molecule has 1 N–H and O–H groups in total. The maximum atomic E-state index is 12.9. The predicted molar refractivity (Wildman–Crippen MR) is 92.5 cm³/mol. The summed E-state index contributed by atoms with van der Waals surface area (Å²) in [5, 5.41) is 13.6. The minimum Gasteiger partial charge on any atom is -0.497 e. The lowest BCUT2D eigenvalue weighted by Crippen LogP contribution is -2.40. The van der Waals surface area contributed by atoms with E-state index in [0.717, 1.165) is 4.90 Å². The molecule has 2 aromatic rings. The minimum atomic E-state index is -1.20. The van der Waals surface area contributed by atoms with Gasteiger partial charge in [0.05, 0.1) is 18.6 Å². The summed E-state index contributed by atoms with van der Waals surface area (Å²) in [4.78, 5) is 36.7. The highest BCUT2D eigenvalue weighted by molar-refractivity contribution is 6.07. The third-order valence-electron chi connectivity index (χ3n) is 4.40. The van der Waals surface area contributed by atoms with E-state index >= 15 is 0 Å². The lowest BCUT2D eigenvalue weighted by atomic mass is 9.92. The summed E-state index contributed by atoms with van der Waals surface area (Å²) < 4.78 is 5.11. The average Bonchev–Trinajstić information content (AvgIpc) is 2.86. The number of ether oxygens (including phenoxy) is 1. The highest BCUT2D eigenvalue weighted by Gasteiger charge is 2.48. The Balaban J connectivity index is 1.86. The molecule has 1 atom stereocenters. The van der Waals surface area contributed by atoms with Crippen molar-refractivity contribution in [2.75, 3.05) is 7.11 Å². The van der Waals surface area contributed by atoms with Crippen LogP contribution in [0.5, 0.6) is 5.75 Å². The van der Waals surface area contributed by atoms with Crippen LogP contribution in [0, 0.1) is 10.1 Å². The van der Waals surface area contributed by atoms with Crippen LogP contribution in [0.3, 0.4) is 0 Å². The summed E-state index contributed by atoms with van der Waals surface area (Å²) >= 11 is 0. The number of nitro benzene ring substituents is 1. The minimum absolute atomic E-state index is 0.0436. The maximum Gasteiger partial charge on any atom is 0.325 e. The van der Waals surface area contributed by atoms with Gasteiger partial charge in [0.25, 0.3) is 11.6 Å². The van der Waals surface area contributed by atoms with Gasteiger partial charge in [-0.1, -0.05) is 24.3 Å². The molecule has 0 unspecified atom stereocenters. The number of imide groups is 1. The van der Waals surface area contributed by atoms with Gasteiger partial charge in [0.15, 0.2) is 0 Å². The third kappa shape index (κ3) is 2.97. The van der Waals surface area contributed by atoms with E-state index < -0.39 is 22.4 Å². The Kier molecular flexibility index (Phi) is 4.33. The van der Waals surface area contributed by atoms with Crippen LogP contribution in [0.4, 0.5) is 10.5 Å². The molecule has 8 heteroatoms. The molecule has 3 rings (SSSR count). The molecule has 1 aliphatic heterocycles. The number of benzene rings is 2. The molecule has 2 aromatic carbocycles. The van der Waals surface area contributed by atoms with Crippen LogP contribution < -0.4 is 10.1 Å². The molecule has 0 spiro atoms. The molecular weight excluding hydrogens is 338 g/mol. The van der Waals surface area contributed by atoms with Crippen molar-refractivity contribution in [1.82, 2.24) is 10.2 Å². The number of methoxy groups -OCH3 is 1. The highest BCUT2D eigenvalue weighted by atomic mass is 16.6. The zero-order valence-corrected chi connectivity index (χ0v) is 14.3. The van der Waals surface area contributed by atoms with Gasteiger partial charge < -0.3 is 10.1 Å². The van der Waals surface area contributed by atoms with Crippen molar-refractivity contribution < 1.29 is 19.2 Å². The molecule has 3 amide bonds. The third-order valence-corrected chi connectivity index (χ3v) is 4.40. The van der Waals surface area contributed by atoms with Gasteiger partial charge >= 0.3 is 6.03 Å². The van der Waals surface area contributed by atoms with E-state index in [1.165, 1.54) is 18.2 Å². The van der Waals surface area contributed by atoms with Gasteiger partial charge in [-0.3, -0.25) is 19.8 Å². The Bertz CT molecular complexity index is 881. The van der Waals surface area contributed by atoms with Gasteiger partial charge in [-0.15, -0.1) is 0 Å². The predicted octanol–water partition coefficient (Wildman–Crippen LogP) is 2.57. The monoisotopic (exact) mass is 355 g/mol. The normalized spacial score (nSPS) is 19.4. The van der Waals surface area contributed by atoms with Crippen molar-refractivity contribution in [3.63, 3.8) is 0 Å². The summed E-state index contributed by atoms with van der Waals surface area (Å²) in [7, 11) is 1.54. The van der Waals surface area contributed by atoms with Crippen LogP contribution >= 0.6 is 0 Å². The summed E-state index contributed by atoms with van der Waals surface area (Å²) in [6.07, 6.45) is 0. The number of nitrogens with one attached hydrogen (secondary N) is 1. The van der Waals surface area contributed by atoms with Crippen LogP contribution in [0.15, 0.2) is 48.5 Å². The zero-order valence-electron chi connectivity index (χ0n) is 14.3. The molecule has 8 nitrogen and oxygen atoms in total. The van der Waals surface area contributed by atoms with E-state index in [1.54, 1.807) is 44.4 Å². The Morgan fingerprint density at radius 1 is 1.19 bits per heavy atom. The van der Waals surface area contributed by atoms with Gasteiger partial charge in [0, 0.05) is 12.1 Å². The fourth-order valence-corrected chi connectivity index (χ4v) is 2.91. The quantitative estimate of drug-likeness (QED) is 0.504. The number of non-ortho nitro benzene ring substituents is 1. The van der Waals surface area contributed by atoms with E-state index in [1.807, 2.05) is 0 Å². The smallest absolute Gasteiger partial charge is 0.325 e. The fourth-order valence-electron chi connectivity index (χ4n) is 2.91. The molecule has 134 valence electrons. The zero-order chi connectivity index (χ0) is 18.9. The van der Waals surface area contributed by atoms with Crippen molar-refractivity contribution in [2.45, 2.75) is 19.0 Å². The SMILES string of the molecule is COc1ccc([C@@]2(C)NC(=O)N(Cc3cccc([N+](=O)[O-])c3)C2=O)cc1. The fraction of sp³-hybridized carbons (Fsp3) is 0.222. The van der Waals surface area contributed by atoms with E-state index in [2.05, 4.69) is 5.32 Å². The van der Waals surface area contributed by atoms with Crippen molar-refractivity contribution in [1.29, 1.82) is 0 Å². The number of carbonyl (C=O) groups excluding carboxylic acids is 2. The molecule has 1 aliphatic rings. The van der Waals surface area contributed by atoms with E-state index in [0.29, 0.717) is 16.9 Å². The first-order valence-corrected chi connectivity index (χ1v) is 7.87. The number of nitro groups is 1. The van der Waals surface area contributed by atoms with E-state index in [9.17, 15) is 19.7 Å². The second-order valence-corrected chi connectivity index (χ2v) is 6.10. The second kappa shape index (κ2) is 6.47. The maximum absolute atomic E-state index is 12.9. The number of hydrogen-bond donors (Lipinski definition) is 1. The Morgan fingerprint density at radius 3 is 2.50 bits per heavy atom. The van der Waals surface area contributed by atoms with Crippen molar-refractivity contribution in [3.8, 4) is 5.75 Å². The number of amides is 3. The van der Waals surface area contributed by atoms with Gasteiger partial charge in [-0.2, -0.15) is 0 Å².